The molecule has 0 aromatic carbocycles. The molecule has 1 aliphatic heterocycles. The van der Waals surface area contributed by atoms with Gasteiger partial charge in [-0.25, -0.2) is 4.79 Å². The molecule has 7 nitrogen and oxygen atoms in total. The fourth-order valence-corrected chi connectivity index (χ4v) is 1.14. The molecule has 1 heterocycles. The third-order valence-electron chi connectivity index (χ3n) is 2.05. The molecule has 90 valence electrons. The second-order valence-electron chi connectivity index (χ2n) is 3.63. The molecule has 1 rings (SSSR count). The normalized spacial score (nSPS) is 16.2. The van der Waals surface area contributed by atoms with Gasteiger partial charge in [-0.05, 0) is 14.1 Å². The van der Waals surface area contributed by atoms with Gasteiger partial charge in [0, 0.05) is 6.54 Å². The van der Waals surface area contributed by atoms with Crippen molar-refractivity contribution in [3.05, 3.63) is 0 Å². The van der Waals surface area contributed by atoms with Crippen molar-refractivity contribution < 1.29 is 19.1 Å². The summed E-state index contributed by atoms with van der Waals surface area (Å²) in [5.74, 6) is -1.69. The minimum absolute atomic E-state index is 0.101. The highest BCUT2D eigenvalue weighted by atomic mass is 16.5. The molecule has 1 aliphatic rings. The van der Waals surface area contributed by atoms with Crippen LogP contribution < -0.4 is 5.32 Å². The lowest BCUT2D eigenvalue weighted by Crippen LogP contribution is -2.34. The van der Waals surface area contributed by atoms with Crippen LogP contribution in [0.3, 0.4) is 0 Å². The van der Waals surface area contributed by atoms with Gasteiger partial charge in [0.1, 0.15) is 0 Å². The van der Waals surface area contributed by atoms with Crippen molar-refractivity contribution in [1.29, 1.82) is 0 Å². The lowest BCUT2D eigenvalue weighted by atomic mass is 10.5. The number of likely N-dealkylation sites (N-methyl/N-ethyl adjacent to an activating group) is 1. The maximum Gasteiger partial charge on any atom is 0.331 e. The smallest absolute Gasteiger partial charge is 0.331 e. The first-order chi connectivity index (χ1) is 7.52. The zero-order valence-electron chi connectivity index (χ0n) is 9.36. The SMILES string of the molecule is CN(C)CCOCCN1C(=O)NC(=O)C1=O. The first-order valence-corrected chi connectivity index (χ1v) is 4.91. The Hall–Kier alpha value is -1.47. The van der Waals surface area contributed by atoms with Gasteiger partial charge in [-0.1, -0.05) is 0 Å². The van der Waals surface area contributed by atoms with Gasteiger partial charge >= 0.3 is 17.8 Å². The van der Waals surface area contributed by atoms with E-state index in [4.69, 9.17) is 4.74 Å². The Morgan fingerprint density at radius 2 is 1.94 bits per heavy atom. The van der Waals surface area contributed by atoms with Gasteiger partial charge < -0.3 is 9.64 Å². The maximum atomic E-state index is 11.1. The lowest BCUT2D eigenvalue weighted by Gasteiger charge is -2.13. The number of carbonyl (C=O) groups is 3. The Morgan fingerprint density at radius 3 is 2.44 bits per heavy atom. The second-order valence-corrected chi connectivity index (χ2v) is 3.63. The van der Waals surface area contributed by atoms with Crippen LogP contribution in [-0.4, -0.2) is 68.0 Å². The summed E-state index contributed by atoms with van der Waals surface area (Å²) >= 11 is 0. The monoisotopic (exact) mass is 229 g/mol. The van der Waals surface area contributed by atoms with Crippen LogP contribution in [0.2, 0.25) is 0 Å². The van der Waals surface area contributed by atoms with E-state index in [9.17, 15) is 14.4 Å². The number of hydrogen-bond donors (Lipinski definition) is 1. The predicted octanol–water partition coefficient (Wildman–Crippen LogP) is -1.36. The minimum atomic E-state index is -0.877. The van der Waals surface area contributed by atoms with E-state index in [1.165, 1.54) is 0 Å². The number of urea groups is 1. The zero-order valence-corrected chi connectivity index (χ0v) is 9.36. The molecule has 0 unspecified atom stereocenters. The molecule has 0 aromatic heterocycles. The largest absolute Gasteiger partial charge is 0.378 e. The third kappa shape index (κ3) is 3.28. The summed E-state index contributed by atoms with van der Waals surface area (Å²) in [4.78, 5) is 35.8. The molecule has 0 radical (unpaired) electrons. The van der Waals surface area contributed by atoms with Crippen molar-refractivity contribution >= 4 is 17.8 Å². The van der Waals surface area contributed by atoms with Gasteiger partial charge in [-0.15, -0.1) is 0 Å². The maximum absolute atomic E-state index is 11.1. The van der Waals surface area contributed by atoms with Crippen LogP contribution in [0.1, 0.15) is 0 Å². The van der Waals surface area contributed by atoms with Crippen LogP contribution >= 0.6 is 0 Å². The summed E-state index contributed by atoms with van der Waals surface area (Å²) in [7, 11) is 3.83. The van der Waals surface area contributed by atoms with E-state index in [2.05, 4.69) is 0 Å². The molecule has 4 amide bonds. The zero-order chi connectivity index (χ0) is 12.1. The first-order valence-electron chi connectivity index (χ1n) is 4.91. The molecule has 0 aliphatic carbocycles. The molecule has 0 spiro atoms. The van der Waals surface area contributed by atoms with Gasteiger partial charge in [0.2, 0.25) is 0 Å². The van der Waals surface area contributed by atoms with Gasteiger partial charge in [-0.2, -0.15) is 0 Å². The summed E-state index contributed by atoms with van der Waals surface area (Å²) in [5, 5.41) is 1.91. The average Bonchev–Trinajstić information content (AvgIpc) is 2.43. The molecule has 0 aromatic rings. The van der Waals surface area contributed by atoms with E-state index in [0.29, 0.717) is 6.61 Å². The topological polar surface area (TPSA) is 79.0 Å². The summed E-state index contributed by atoms with van der Waals surface area (Å²) < 4.78 is 5.21. The number of carbonyl (C=O) groups excluding carboxylic acids is 3. The molecular formula is C9H15N3O4. The van der Waals surface area contributed by atoms with E-state index in [0.717, 1.165) is 11.4 Å². The molecule has 7 heteroatoms. The number of imide groups is 2. The molecule has 0 bridgehead atoms. The predicted molar refractivity (Wildman–Crippen MR) is 54.6 cm³/mol. The van der Waals surface area contributed by atoms with E-state index in [-0.39, 0.29) is 13.2 Å². The molecule has 16 heavy (non-hydrogen) atoms. The van der Waals surface area contributed by atoms with Crippen molar-refractivity contribution in [3.8, 4) is 0 Å². The fourth-order valence-electron chi connectivity index (χ4n) is 1.14. The number of hydrogen-bond acceptors (Lipinski definition) is 5. The highest BCUT2D eigenvalue weighted by molar-refractivity contribution is 6.44. The number of nitrogens with one attached hydrogen (secondary N) is 1. The van der Waals surface area contributed by atoms with Crippen LogP contribution in [0.25, 0.3) is 0 Å². The summed E-state index contributed by atoms with van der Waals surface area (Å²) in [6, 6.07) is -0.675. The molecule has 1 saturated heterocycles. The Bertz CT molecular complexity index is 303. The molecule has 1 N–H and O–H groups in total. The highest BCUT2D eigenvalue weighted by Crippen LogP contribution is 1.99. The van der Waals surface area contributed by atoms with Crippen LogP contribution in [0.5, 0.6) is 0 Å². The Kier molecular flexibility index (Phi) is 4.39. The van der Waals surface area contributed by atoms with Crippen molar-refractivity contribution in [2.45, 2.75) is 0 Å². The lowest BCUT2D eigenvalue weighted by molar-refractivity contribution is -0.140. The molecular weight excluding hydrogens is 214 g/mol. The Labute approximate surface area is 93.3 Å². The van der Waals surface area contributed by atoms with Crippen LogP contribution in [0.4, 0.5) is 4.79 Å². The van der Waals surface area contributed by atoms with Crippen LogP contribution in [-0.2, 0) is 14.3 Å². The summed E-state index contributed by atoms with van der Waals surface area (Å²) in [6.07, 6.45) is 0. The number of rotatable bonds is 6. The first kappa shape index (κ1) is 12.6. The molecule has 1 fully saturated rings. The summed E-state index contributed by atoms with van der Waals surface area (Å²) in [5.41, 5.74) is 0. The van der Waals surface area contributed by atoms with Gasteiger partial charge in [-0.3, -0.25) is 19.8 Å². The van der Waals surface area contributed by atoms with Crippen molar-refractivity contribution in [3.63, 3.8) is 0 Å². The van der Waals surface area contributed by atoms with Crippen LogP contribution in [0.15, 0.2) is 0 Å². The van der Waals surface area contributed by atoms with Gasteiger partial charge in [0.05, 0.1) is 19.8 Å². The standard InChI is InChI=1S/C9H15N3O4/c1-11(2)3-5-16-6-4-12-8(14)7(13)10-9(12)15/h3-6H2,1-2H3,(H,10,13,15). The van der Waals surface area contributed by atoms with E-state index >= 15 is 0 Å². The number of nitrogens with zero attached hydrogens (tertiary/aromatic N) is 2. The van der Waals surface area contributed by atoms with E-state index in [1.807, 2.05) is 24.3 Å². The van der Waals surface area contributed by atoms with Gasteiger partial charge in [0.25, 0.3) is 0 Å². The Morgan fingerprint density at radius 1 is 1.25 bits per heavy atom. The van der Waals surface area contributed by atoms with E-state index in [1.54, 1.807) is 0 Å². The summed E-state index contributed by atoms with van der Waals surface area (Å²) in [6.45, 7) is 1.62. The highest BCUT2D eigenvalue weighted by Gasteiger charge is 2.36. The van der Waals surface area contributed by atoms with Crippen LogP contribution in [0, 0.1) is 0 Å². The third-order valence-corrected chi connectivity index (χ3v) is 2.05. The van der Waals surface area contributed by atoms with Gasteiger partial charge in [0.15, 0.2) is 0 Å². The van der Waals surface area contributed by atoms with Crippen molar-refractivity contribution in [2.24, 2.45) is 0 Å². The second kappa shape index (κ2) is 5.57. The fraction of sp³-hybridized carbons (Fsp3) is 0.667. The molecule has 0 atom stereocenters. The number of amides is 4. The van der Waals surface area contributed by atoms with Crippen molar-refractivity contribution in [2.75, 3.05) is 40.4 Å². The Balaban J connectivity index is 2.20. The molecule has 0 saturated carbocycles. The quantitative estimate of drug-likeness (QED) is 0.346. The minimum Gasteiger partial charge on any atom is -0.378 e. The number of ether oxygens (including phenoxy) is 1. The average molecular weight is 229 g/mol. The van der Waals surface area contributed by atoms with Crippen molar-refractivity contribution in [1.82, 2.24) is 15.1 Å². The van der Waals surface area contributed by atoms with E-state index < -0.39 is 17.8 Å².